The fourth-order valence-corrected chi connectivity index (χ4v) is 3.93. The van der Waals surface area contributed by atoms with Gasteiger partial charge in [0.05, 0.1) is 10.6 Å². The van der Waals surface area contributed by atoms with Crippen LogP contribution in [0.15, 0.2) is 83.9 Å². The van der Waals surface area contributed by atoms with Gasteiger partial charge in [-0.2, -0.15) is 0 Å². The molecule has 132 valence electrons. The minimum atomic E-state index is 0.685. The number of halogens is 2. The largest absolute Gasteiger partial charge is 0.227 e. The smallest absolute Gasteiger partial charge is 0.210 e. The van der Waals surface area contributed by atoms with E-state index in [0.29, 0.717) is 15.2 Å². The van der Waals surface area contributed by atoms with Crippen LogP contribution in [0.2, 0.25) is 10.0 Å². The zero-order valence-electron chi connectivity index (χ0n) is 14.1. The molecule has 0 unspecified atom stereocenters. The standard InChI is InChI=1S/C22H14Cl2N2S/c23-18-11-9-16(10-12-18)20-21(17-6-2-1-3-7-17)27-22(26-20)25-14-15-5-4-8-19(24)13-15/h1-14H. The van der Waals surface area contributed by atoms with Crippen LogP contribution in [0.25, 0.3) is 21.7 Å². The maximum atomic E-state index is 6.04. The summed E-state index contributed by atoms with van der Waals surface area (Å²) in [6.07, 6.45) is 1.78. The van der Waals surface area contributed by atoms with Gasteiger partial charge in [0.1, 0.15) is 0 Å². The lowest BCUT2D eigenvalue weighted by Gasteiger charge is -2.02. The van der Waals surface area contributed by atoms with Crippen LogP contribution >= 0.6 is 34.5 Å². The second-order valence-electron chi connectivity index (χ2n) is 5.86. The summed E-state index contributed by atoms with van der Waals surface area (Å²) >= 11 is 13.6. The quantitative estimate of drug-likeness (QED) is 0.320. The first-order chi connectivity index (χ1) is 13.2. The van der Waals surface area contributed by atoms with Gasteiger partial charge in [0, 0.05) is 21.8 Å². The third-order valence-corrected chi connectivity index (χ3v) is 5.44. The van der Waals surface area contributed by atoms with E-state index in [-0.39, 0.29) is 0 Å². The van der Waals surface area contributed by atoms with Crippen molar-refractivity contribution in [3.63, 3.8) is 0 Å². The van der Waals surface area contributed by atoms with E-state index < -0.39 is 0 Å². The normalized spacial score (nSPS) is 11.2. The Kier molecular flexibility index (Phi) is 5.35. The number of aromatic nitrogens is 1. The molecule has 0 saturated heterocycles. The Bertz CT molecular complexity index is 1090. The molecule has 1 aromatic heterocycles. The highest BCUT2D eigenvalue weighted by Gasteiger charge is 2.14. The Balaban J connectivity index is 1.76. The van der Waals surface area contributed by atoms with Crippen molar-refractivity contribution in [3.05, 3.63) is 94.5 Å². The Morgan fingerprint density at radius 1 is 0.778 bits per heavy atom. The van der Waals surface area contributed by atoms with E-state index in [9.17, 15) is 0 Å². The second-order valence-corrected chi connectivity index (χ2v) is 7.71. The van der Waals surface area contributed by atoms with Crippen LogP contribution in [0, 0.1) is 0 Å². The zero-order valence-corrected chi connectivity index (χ0v) is 16.5. The number of benzene rings is 3. The number of hydrogen-bond acceptors (Lipinski definition) is 3. The molecule has 5 heteroatoms. The van der Waals surface area contributed by atoms with Gasteiger partial charge in [-0.25, -0.2) is 9.98 Å². The first kappa shape index (κ1) is 17.9. The summed E-state index contributed by atoms with van der Waals surface area (Å²) in [7, 11) is 0. The maximum absolute atomic E-state index is 6.04. The van der Waals surface area contributed by atoms with E-state index in [2.05, 4.69) is 17.1 Å². The first-order valence-electron chi connectivity index (χ1n) is 8.31. The van der Waals surface area contributed by atoms with Gasteiger partial charge in [-0.1, -0.05) is 89.1 Å². The van der Waals surface area contributed by atoms with Gasteiger partial charge in [-0.05, 0) is 35.4 Å². The van der Waals surface area contributed by atoms with Crippen molar-refractivity contribution in [3.8, 4) is 21.7 Å². The number of aliphatic imine (C=N–C) groups is 1. The molecule has 1 heterocycles. The van der Waals surface area contributed by atoms with Crippen LogP contribution in [-0.2, 0) is 0 Å². The van der Waals surface area contributed by atoms with Crippen molar-refractivity contribution in [2.75, 3.05) is 0 Å². The first-order valence-corrected chi connectivity index (χ1v) is 9.88. The van der Waals surface area contributed by atoms with Crippen LogP contribution < -0.4 is 0 Å². The molecular formula is C22H14Cl2N2S. The molecule has 4 rings (SSSR count). The summed E-state index contributed by atoms with van der Waals surface area (Å²) in [5.41, 5.74) is 3.97. The third kappa shape index (κ3) is 4.28. The number of hydrogen-bond donors (Lipinski definition) is 0. The van der Waals surface area contributed by atoms with Crippen molar-refractivity contribution in [2.45, 2.75) is 0 Å². The molecule has 0 aliphatic heterocycles. The predicted molar refractivity (Wildman–Crippen MR) is 117 cm³/mol. The van der Waals surface area contributed by atoms with Crippen LogP contribution in [0.4, 0.5) is 5.13 Å². The van der Waals surface area contributed by atoms with E-state index in [1.54, 1.807) is 17.6 Å². The molecule has 3 aromatic carbocycles. The summed E-state index contributed by atoms with van der Waals surface area (Å²) in [6.45, 7) is 0. The molecule has 27 heavy (non-hydrogen) atoms. The topological polar surface area (TPSA) is 25.2 Å². The van der Waals surface area contributed by atoms with Crippen LogP contribution in [0.1, 0.15) is 5.56 Å². The maximum Gasteiger partial charge on any atom is 0.210 e. The van der Waals surface area contributed by atoms with E-state index in [4.69, 9.17) is 28.2 Å². The predicted octanol–water partition coefficient (Wildman–Crippen LogP) is 7.53. The summed E-state index contributed by atoms with van der Waals surface area (Å²) in [5.74, 6) is 0. The highest BCUT2D eigenvalue weighted by atomic mass is 35.5. The Morgan fingerprint density at radius 2 is 1.56 bits per heavy atom. The average Bonchev–Trinajstić information content (AvgIpc) is 3.12. The molecular weight excluding hydrogens is 395 g/mol. The summed E-state index contributed by atoms with van der Waals surface area (Å²) in [6, 6.07) is 25.5. The SMILES string of the molecule is Clc1ccc(-c2nc(N=Cc3cccc(Cl)c3)sc2-c2ccccc2)cc1. The Hall–Kier alpha value is -2.46. The molecule has 0 aliphatic carbocycles. The second kappa shape index (κ2) is 8.05. The lowest BCUT2D eigenvalue weighted by Crippen LogP contribution is -1.82. The van der Waals surface area contributed by atoms with Gasteiger partial charge >= 0.3 is 0 Å². The molecule has 0 amide bonds. The summed E-state index contributed by atoms with van der Waals surface area (Å²) in [5, 5.41) is 2.08. The van der Waals surface area contributed by atoms with Crippen molar-refractivity contribution in [1.29, 1.82) is 0 Å². The molecule has 0 spiro atoms. The summed E-state index contributed by atoms with van der Waals surface area (Å²) in [4.78, 5) is 10.4. The monoisotopic (exact) mass is 408 g/mol. The highest BCUT2D eigenvalue weighted by molar-refractivity contribution is 7.19. The van der Waals surface area contributed by atoms with Crippen LogP contribution in [0.3, 0.4) is 0 Å². The third-order valence-electron chi connectivity index (χ3n) is 3.94. The number of rotatable bonds is 4. The molecule has 0 fully saturated rings. The van der Waals surface area contributed by atoms with E-state index in [0.717, 1.165) is 27.3 Å². The number of nitrogens with zero attached hydrogens (tertiary/aromatic N) is 2. The van der Waals surface area contributed by atoms with Gasteiger partial charge in [0.2, 0.25) is 5.13 Å². The minimum Gasteiger partial charge on any atom is -0.227 e. The number of thiazole rings is 1. The lowest BCUT2D eigenvalue weighted by atomic mass is 10.1. The molecule has 0 bridgehead atoms. The lowest BCUT2D eigenvalue weighted by molar-refractivity contribution is 1.36. The van der Waals surface area contributed by atoms with Gasteiger partial charge in [-0.3, -0.25) is 0 Å². The molecule has 4 aromatic rings. The molecule has 0 saturated carbocycles. The molecule has 2 nitrogen and oxygen atoms in total. The van der Waals surface area contributed by atoms with Crippen molar-refractivity contribution in [2.24, 2.45) is 4.99 Å². The Labute approximate surface area is 171 Å². The molecule has 0 N–H and O–H groups in total. The molecule has 0 aliphatic rings. The van der Waals surface area contributed by atoms with Gasteiger partial charge in [0.25, 0.3) is 0 Å². The van der Waals surface area contributed by atoms with Gasteiger partial charge < -0.3 is 0 Å². The van der Waals surface area contributed by atoms with Crippen molar-refractivity contribution >= 4 is 45.9 Å². The van der Waals surface area contributed by atoms with Crippen molar-refractivity contribution in [1.82, 2.24) is 4.98 Å². The minimum absolute atomic E-state index is 0.685. The average molecular weight is 409 g/mol. The van der Waals surface area contributed by atoms with E-state index in [1.165, 1.54) is 0 Å². The van der Waals surface area contributed by atoms with Gasteiger partial charge in [-0.15, -0.1) is 0 Å². The van der Waals surface area contributed by atoms with E-state index >= 15 is 0 Å². The zero-order chi connectivity index (χ0) is 18.6. The van der Waals surface area contributed by atoms with Crippen LogP contribution in [-0.4, -0.2) is 11.2 Å². The van der Waals surface area contributed by atoms with E-state index in [1.807, 2.05) is 66.7 Å². The molecule has 0 radical (unpaired) electrons. The van der Waals surface area contributed by atoms with Crippen molar-refractivity contribution < 1.29 is 0 Å². The highest BCUT2D eigenvalue weighted by Crippen LogP contribution is 2.40. The Morgan fingerprint density at radius 3 is 2.30 bits per heavy atom. The van der Waals surface area contributed by atoms with Crippen LogP contribution in [0.5, 0.6) is 0 Å². The van der Waals surface area contributed by atoms with Gasteiger partial charge in [0.15, 0.2) is 0 Å². The fourth-order valence-electron chi connectivity index (χ4n) is 2.67. The summed E-state index contributed by atoms with van der Waals surface area (Å²) < 4.78 is 0. The molecule has 0 atom stereocenters. The fraction of sp³-hybridized carbons (Fsp3) is 0.